The van der Waals surface area contributed by atoms with Gasteiger partial charge in [0.25, 0.3) is 10.2 Å². The first-order valence-electron chi connectivity index (χ1n) is 7.98. The third kappa shape index (κ3) is 4.52. The van der Waals surface area contributed by atoms with Crippen molar-refractivity contribution in [1.82, 2.24) is 9.03 Å². The van der Waals surface area contributed by atoms with E-state index in [0.29, 0.717) is 13.1 Å². The van der Waals surface area contributed by atoms with Crippen molar-refractivity contribution < 1.29 is 13.5 Å². The average Bonchev–Trinajstić information content (AvgIpc) is 2.82. The van der Waals surface area contributed by atoms with Gasteiger partial charge in [0, 0.05) is 13.1 Å². The van der Waals surface area contributed by atoms with E-state index < -0.39 is 16.3 Å². The molecule has 1 aromatic rings. The van der Waals surface area contributed by atoms with Gasteiger partial charge in [0.05, 0.1) is 12.6 Å². The fraction of sp³-hybridized carbons (Fsp3) is 0.625. The van der Waals surface area contributed by atoms with Crippen LogP contribution in [-0.4, -0.2) is 43.6 Å². The normalized spacial score (nSPS) is 20.3. The number of hydrogen-bond acceptors (Lipinski definition) is 3. The smallest absolute Gasteiger partial charge is 0.279 e. The van der Waals surface area contributed by atoms with E-state index in [4.69, 9.17) is 0 Å². The Balaban J connectivity index is 2.08. The zero-order valence-corrected chi connectivity index (χ0v) is 13.9. The number of hydrogen-bond donors (Lipinski definition) is 2. The highest BCUT2D eigenvalue weighted by atomic mass is 32.2. The van der Waals surface area contributed by atoms with Crippen LogP contribution in [0.3, 0.4) is 0 Å². The van der Waals surface area contributed by atoms with Crippen LogP contribution in [0.25, 0.3) is 0 Å². The van der Waals surface area contributed by atoms with Gasteiger partial charge < -0.3 is 5.11 Å². The monoisotopic (exact) mass is 326 g/mol. The minimum absolute atomic E-state index is 0.0899. The van der Waals surface area contributed by atoms with Crippen LogP contribution < -0.4 is 4.72 Å². The van der Waals surface area contributed by atoms with Gasteiger partial charge in [-0.05, 0) is 24.3 Å². The van der Waals surface area contributed by atoms with E-state index in [1.807, 2.05) is 37.3 Å². The molecule has 2 N–H and O–H groups in total. The molecule has 0 radical (unpaired) electrons. The Kier molecular flexibility index (Phi) is 6.37. The minimum Gasteiger partial charge on any atom is -0.395 e. The number of nitrogens with zero attached hydrogens (tertiary/aromatic N) is 1. The topological polar surface area (TPSA) is 69.6 Å². The van der Waals surface area contributed by atoms with Crippen molar-refractivity contribution in [2.75, 3.05) is 19.7 Å². The standard InChI is InChI=1S/C16H26N2O3S/c1-14(15-9-5-4-6-10-15)16(13-19)17-22(20,21)18-11-7-2-3-8-12-18/h4-6,9-10,14,16-17,19H,2-3,7-8,11-13H2,1H3/t14-,16+/m0/s1. The van der Waals surface area contributed by atoms with Crippen LogP contribution in [0.5, 0.6) is 0 Å². The molecule has 1 saturated heterocycles. The van der Waals surface area contributed by atoms with Gasteiger partial charge in [0.15, 0.2) is 0 Å². The summed E-state index contributed by atoms with van der Waals surface area (Å²) in [5, 5.41) is 9.63. The van der Waals surface area contributed by atoms with E-state index in [9.17, 15) is 13.5 Å². The molecule has 0 unspecified atom stereocenters. The highest BCUT2D eigenvalue weighted by molar-refractivity contribution is 7.87. The maximum atomic E-state index is 12.5. The molecule has 1 aliphatic heterocycles. The zero-order valence-electron chi connectivity index (χ0n) is 13.1. The van der Waals surface area contributed by atoms with Crippen molar-refractivity contribution in [3.63, 3.8) is 0 Å². The summed E-state index contributed by atoms with van der Waals surface area (Å²) >= 11 is 0. The molecule has 1 aliphatic rings. The van der Waals surface area contributed by atoms with Gasteiger partial charge >= 0.3 is 0 Å². The summed E-state index contributed by atoms with van der Waals surface area (Å²) in [6.45, 7) is 2.84. The Hall–Kier alpha value is -0.950. The second-order valence-electron chi connectivity index (χ2n) is 5.92. The summed E-state index contributed by atoms with van der Waals surface area (Å²) in [6.07, 6.45) is 3.96. The fourth-order valence-corrected chi connectivity index (χ4v) is 4.38. The van der Waals surface area contributed by atoms with Crippen LogP contribution in [0.15, 0.2) is 30.3 Å². The van der Waals surface area contributed by atoms with E-state index in [2.05, 4.69) is 4.72 Å². The first kappa shape index (κ1) is 17.4. The van der Waals surface area contributed by atoms with Crippen LogP contribution in [0.2, 0.25) is 0 Å². The number of rotatable bonds is 6. The second-order valence-corrected chi connectivity index (χ2v) is 7.63. The molecule has 2 rings (SSSR count). The minimum atomic E-state index is -3.55. The molecule has 2 atom stereocenters. The lowest BCUT2D eigenvalue weighted by Crippen LogP contribution is -2.48. The summed E-state index contributed by atoms with van der Waals surface area (Å²) in [7, 11) is -3.55. The lowest BCUT2D eigenvalue weighted by Gasteiger charge is -2.27. The molecule has 0 aliphatic carbocycles. The number of benzene rings is 1. The molecule has 0 saturated carbocycles. The van der Waals surface area contributed by atoms with E-state index >= 15 is 0 Å². The SMILES string of the molecule is C[C@@H](c1ccccc1)[C@@H](CO)NS(=O)(=O)N1CCCCCC1. The van der Waals surface area contributed by atoms with E-state index in [1.54, 1.807) is 0 Å². The molecule has 0 aromatic heterocycles. The summed E-state index contributed by atoms with van der Waals surface area (Å²) in [6, 6.07) is 9.15. The maximum absolute atomic E-state index is 12.5. The Morgan fingerprint density at radius 3 is 2.27 bits per heavy atom. The molecule has 1 heterocycles. The van der Waals surface area contributed by atoms with Gasteiger partial charge in [-0.25, -0.2) is 0 Å². The number of nitrogens with one attached hydrogen (secondary N) is 1. The molecule has 0 amide bonds. The summed E-state index contributed by atoms with van der Waals surface area (Å²) in [4.78, 5) is 0. The Morgan fingerprint density at radius 1 is 1.14 bits per heavy atom. The predicted molar refractivity (Wildman–Crippen MR) is 87.8 cm³/mol. The summed E-state index contributed by atoms with van der Waals surface area (Å²) in [5.74, 6) is -0.0899. The van der Waals surface area contributed by atoms with Crippen LogP contribution >= 0.6 is 0 Å². The number of aliphatic hydroxyl groups excluding tert-OH is 1. The van der Waals surface area contributed by atoms with E-state index in [1.165, 1.54) is 4.31 Å². The van der Waals surface area contributed by atoms with Crippen molar-refractivity contribution in [2.45, 2.75) is 44.6 Å². The molecule has 1 fully saturated rings. The lowest BCUT2D eigenvalue weighted by molar-refractivity contribution is 0.239. The molecular weight excluding hydrogens is 300 g/mol. The molecule has 5 nitrogen and oxygen atoms in total. The Labute approximate surface area is 133 Å². The van der Waals surface area contributed by atoms with Gasteiger partial charge in [-0.1, -0.05) is 50.1 Å². The average molecular weight is 326 g/mol. The first-order chi connectivity index (χ1) is 10.5. The van der Waals surface area contributed by atoms with Gasteiger partial charge in [0.1, 0.15) is 0 Å². The lowest BCUT2D eigenvalue weighted by atomic mass is 9.94. The first-order valence-corrected chi connectivity index (χ1v) is 9.42. The molecule has 0 bridgehead atoms. The molecule has 124 valence electrons. The van der Waals surface area contributed by atoms with Crippen LogP contribution in [0.4, 0.5) is 0 Å². The fourth-order valence-electron chi connectivity index (χ4n) is 2.83. The third-order valence-corrected chi connectivity index (χ3v) is 5.98. The third-order valence-electron chi connectivity index (χ3n) is 4.33. The van der Waals surface area contributed by atoms with Crippen molar-refractivity contribution in [3.8, 4) is 0 Å². The van der Waals surface area contributed by atoms with Gasteiger partial charge in [-0.3, -0.25) is 0 Å². The Bertz CT molecular complexity index is 540. The zero-order chi connectivity index (χ0) is 16.0. The highest BCUT2D eigenvalue weighted by Crippen LogP contribution is 2.20. The second kappa shape index (κ2) is 8.06. The van der Waals surface area contributed by atoms with Gasteiger partial charge in [0.2, 0.25) is 0 Å². The number of aliphatic hydroxyl groups is 1. The van der Waals surface area contributed by atoms with Crippen LogP contribution in [0, 0.1) is 0 Å². The molecular formula is C16H26N2O3S. The van der Waals surface area contributed by atoms with Gasteiger partial charge in [-0.2, -0.15) is 17.4 Å². The highest BCUT2D eigenvalue weighted by Gasteiger charge is 2.28. The van der Waals surface area contributed by atoms with E-state index in [-0.39, 0.29) is 12.5 Å². The molecule has 6 heteroatoms. The predicted octanol–water partition coefficient (Wildman–Crippen LogP) is 1.86. The molecule has 22 heavy (non-hydrogen) atoms. The van der Waals surface area contributed by atoms with Gasteiger partial charge in [-0.15, -0.1) is 0 Å². The van der Waals surface area contributed by atoms with Crippen molar-refractivity contribution in [2.24, 2.45) is 0 Å². The summed E-state index contributed by atoms with van der Waals surface area (Å²) in [5.41, 5.74) is 1.01. The quantitative estimate of drug-likeness (QED) is 0.838. The summed E-state index contributed by atoms with van der Waals surface area (Å²) < 4.78 is 29.3. The van der Waals surface area contributed by atoms with Crippen LogP contribution in [0.1, 0.15) is 44.1 Å². The Morgan fingerprint density at radius 2 is 1.73 bits per heavy atom. The van der Waals surface area contributed by atoms with E-state index in [0.717, 1.165) is 31.2 Å². The van der Waals surface area contributed by atoms with Crippen molar-refractivity contribution >= 4 is 10.2 Å². The molecule has 0 spiro atoms. The maximum Gasteiger partial charge on any atom is 0.279 e. The molecule has 1 aromatic carbocycles. The largest absolute Gasteiger partial charge is 0.395 e. The van der Waals surface area contributed by atoms with Crippen LogP contribution in [-0.2, 0) is 10.2 Å². The van der Waals surface area contributed by atoms with Crippen molar-refractivity contribution in [1.29, 1.82) is 0 Å². The van der Waals surface area contributed by atoms with Crippen molar-refractivity contribution in [3.05, 3.63) is 35.9 Å².